The highest BCUT2D eigenvalue weighted by Gasteiger charge is 2.39. The average Bonchev–Trinajstić information content (AvgIpc) is 2.81. The van der Waals surface area contributed by atoms with Crippen LogP contribution in [0.15, 0.2) is 22.7 Å². The third-order valence-corrected chi connectivity index (χ3v) is 4.22. The van der Waals surface area contributed by atoms with Crippen LogP contribution in [0, 0.1) is 0 Å². The molecule has 106 valence electrons. The van der Waals surface area contributed by atoms with E-state index in [0.29, 0.717) is 6.61 Å². The third kappa shape index (κ3) is 3.12. The van der Waals surface area contributed by atoms with Crippen molar-refractivity contribution >= 4 is 15.9 Å². The van der Waals surface area contributed by atoms with Gasteiger partial charge in [-0.3, -0.25) is 0 Å². The van der Waals surface area contributed by atoms with E-state index in [0.717, 1.165) is 35.2 Å². The lowest BCUT2D eigenvalue weighted by molar-refractivity contribution is -0.0111. The van der Waals surface area contributed by atoms with Gasteiger partial charge in [0.25, 0.3) is 0 Å². The lowest BCUT2D eigenvalue weighted by Crippen LogP contribution is -2.39. The van der Waals surface area contributed by atoms with Gasteiger partial charge in [0, 0.05) is 16.6 Å². The van der Waals surface area contributed by atoms with Crippen LogP contribution >= 0.6 is 15.9 Å². The molecule has 1 aromatic carbocycles. The Bertz CT molecular complexity index is 430. The topological polar surface area (TPSA) is 30.5 Å². The fraction of sp³-hybridized carbons (Fsp3) is 0.600. The van der Waals surface area contributed by atoms with Crippen LogP contribution in [0.2, 0.25) is 0 Å². The maximum Gasteiger partial charge on any atom is 0.124 e. The Morgan fingerprint density at radius 1 is 1.53 bits per heavy atom. The molecule has 0 aromatic heterocycles. The Kier molecular flexibility index (Phi) is 4.87. The molecule has 0 aliphatic carbocycles. The van der Waals surface area contributed by atoms with E-state index in [2.05, 4.69) is 34.2 Å². The minimum Gasteiger partial charge on any atom is -0.494 e. The van der Waals surface area contributed by atoms with Gasteiger partial charge < -0.3 is 14.8 Å². The van der Waals surface area contributed by atoms with Crippen LogP contribution < -0.4 is 10.1 Å². The van der Waals surface area contributed by atoms with E-state index in [1.807, 2.05) is 26.1 Å². The second-order valence-electron chi connectivity index (χ2n) is 5.10. The molecule has 1 aliphatic rings. The van der Waals surface area contributed by atoms with Crippen molar-refractivity contribution in [2.45, 2.75) is 38.3 Å². The molecule has 0 amide bonds. The number of likely N-dealkylation sites (N-methyl/N-ethyl adjacent to an activating group) is 1. The first-order valence-electron chi connectivity index (χ1n) is 6.84. The van der Waals surface area contributed by atoms with Crippen molar-refractivity contribution in [1.29, 1.82) is 0 Å². The predicted octanol–water partition coefficient (Wildman–Crippen LogP) is 3.68. The van der Waals surface area contributed by atoms with Crippen LogP contribution in [-0.4, -0.2) is 25.9 Å². The van der Waals surface area contributed by atoms with Crippen molar-refractivity contribution in [3.63, 3.8) is 0 Å². The van der Waals surface area contributed by atoms with Crippen molar-refractivity contribution in [2.75, 3.05) is 20.3 Å². The summed E-state index contributed by atoms with van der Waals surface area (Å²) in [4.78, 5) is 0. The summed E-state index contributed by atoms with van der Waals surface area (Å²) in [5, 5.41) is 3.40. The molecule has 0 radical (unpaired) electrons. The van der Waals surface area contributed by atoms with Crippen molar-refractivity contribution in [1.82, 2.24) is 5.32 Å². The molecule has 0 bridgehead atoms. The van der Waals surface area contributed by atoms with Crippen LogP contribution in [0.5, 0.6) is 5.75 Å². The van der Waals surface area contributed by atoms with Gasteiger partial charge in [-0.05, 0) is 51.9 Å². The summed E-state index contributed by atoms with van der Waals surface area (Å²) in [6, 6.07) is 6.29. The zero-order valence-electron chi connectivity index (χ0n) is 11.8. The van der Waals surface area contributed by atoms with Crippen molar-refractivity contribution in [3.05, 3.63) is 28.2 Å². The first-order valence-corrected chi connectivity index (χ1v) is 7.63. The minimum absolute atomic E-state index is 0.133. The number of hydrogen-bond donors (Lipinski definition) is 1. The van der Waals surface area contributed by atoms with Gasteiger partial charge in [0.15, 0.2) is 0 Å². The Balaban J connectivity index is 2.38. The molecular weight excluding hydrogens is 306 g/mol. The Hall–Kier alpha value is -0.580. The number of ether oxygens (including phenoxy) is 2. The summed E-state index contributed by atoms with van der Waals surface area (Å²) in [6.07, 6.45) is 2.18. The summed E-state index contributed by atoms with van der Waals surface area (Å²) in [7, 11) is 1.98. The van der Waals surface area contributed by atoms with Crippen molar-refractivity contribution < 1.29 is 9.47 Å². The van der Waals surface area contributed by atoms with Crippen LogP contribution in [-0.2, 0) is 4.74 Å². The maximum absolute atomic E-state index is 5.99. The average molecular weight is 328 g/mol. The van der Waals surface area contributed by atoms with E-state index in [-0.39, 0.29) is 11.6 Å². The van der Waals surface area contributed by atoms with Crippen LogP contribution in [0.1, 0.15) is 38.3 Å². The zero-order chi connectivity index (χ0) is 13.9. The summed E-state index contributed by atoms with van der Waals surface area (Å²) >= 11 is 3.55. The molecule has 2 unspecified atom stereocenters. The zero-order valence-corrected chi connectivity index (χ0v) is 13.4. The van der Waals surface area contributed by atoms with Gasteiger partial charge in [0.2, 0.25) is 0 Å². The van der Waals surface area contributed by atoms with Gasteiger partial charge in [-0.1, -0.05) is 15.9 Å². The molecule has 1 aliphatic heterocycles. The first kappa shape index (κ1) is 14.8. The molecule has 2 rings (SSSR count). The number of halogens is 1. The molecule has 19 heavy (non-hydrogen) atoms. The number of nitrogens with one attached hydrogen (secondary N) is 1. The summed E-state index contributed by atoms with van der Waals surface area (Å²) in [5.41, 5.74) is 0.990. The highest BCUT2D eigenvalue weighted by atomic mass is 79.9. The molecule has 1 fully saturated rings. The van der Waals surface area contributed by atoms with Crippen LogP contribution in [0.4, 0.5) is 0 Å². The van der Waals surface area contributed by atoms with Gasteiger partial charge in [0.05, 0.1) is 18.2 Å². The van der Waals surface area contributed by atoms with E-state index < -0.39 is 0 Å². The van der Waals surface area contributed by atoms with Crippen molar-refractivity contribution in [3.8, 4) is 5.75 Å². The first-order chi connectivity index (χ1) is 9.10. The normalized spacial score (nSPS) is 24.4. The van der Waals surface area contributed by atoms with Gasteiger partial charge in [-0.2, -0.15) is 0 Å². The van der Waals surface area contributed by atoms with E-state index in [4.69, 9.17) is 9.47 Å². The van der Waals surface area contributed by atoms with Gasteiger partial charge in [-0.25, -0.2) is 0 Å². The van der Waals surface area contributed by atoms with Crippen LogP contribution in [0.25, 0.3) is 0 Å². The monoisotopic (exact) mass is 327 g/mol. The quantitative estimate of drug-likeness (QED) is 0.894. The fourth-order valence-corrected chi connectivity index (χ4v) is 3.23. The Morgan fingerprint density at radius 3 is 2.89 bits per heavy atom. The van der Waals surface area contributed by atoms with E-state index in [9.17, 15) is 0 Å². The lowest BCUT2D eigenvalue weighted by Gasteiger charge is -2.34. The SMILES string of the molecule is CCOc1ccc(Br)cc1C(NC)C1(C)CCCO1. The van der Waals surface area contributed by atoms with Crippen LogP contribution in [0.3, 0.4) is 0 Å². The molecule has 1 N–H and O–H groups in total. The third-order valence-electron chi connectivity index (χ3n) is 3.73. The molecule has 1 saturated heterocycles. The molecule has 1 aromatic rings. The summed E-state index contributed by atoms with van der Waals surface area (Å²) in [6.45, 7) is 5.70. The number of hydrogen-bond acceptors (Lipinski definition) is 3. The Morgan fingerprint density at radius 2 is 2.32 bits per heavy atom. The molecule has 3 nitrogen and oxygen atoms in total. The number of benzene rings is 1. The second-order valence-corrected chi connectivity index (χ2v) is 6.02. The van der Waals surface area contributed by atoms with Gasteiger partial charge >= 0.3 is 0 Å². The van der Waals surface area contributed by atoms with Gasteiger partial charge in [-0.15, -0.1) is 0 Å². The molecule has 0 saturated carbocycles. The fourth-order valence-electron chi connectivity index (χ4n) is 2.85. The molecule has 1 heterocycles. The van der Waals surface area contributed by atoms with Gasteiger partial charge in [0.1, 0.15) is 5.75 Å². The second kappa shape index (κ2) is 6.25. The molecule has 2 atom stereocenters. The van der Waals surface area contributed by atoms with E-state index in [1.165, 1.54) is 0 Å². The van der Waals surface area contributed by atoms with Crippen molar-refractivity contribution in [2.24, 2.45) is 0 Å². The lowest BCUT2D eigenvalue weighted by atomic mass is 9.87. The Labute approximate surface area is 123 Å². The maximum atomic E-state index is 5.99. The number of rotatable bonds is 5. The molecule has 0 spiro atoms. The smallest absolute Gasteiger partial charge is 0.124 e. The molecular formula is C15H22BrNO2. The standard InChI is InChI=1S/C15H22BrNO2/c1-4-18-13-7-6-11(16)10-12(13)14(17-3)15(2)8-5-9-19-15/h6-7,10,14,17H,4-5,8-9H2,1-3H3. The predicted molar refractivity (Wildman–Crippen MR) is 80.7 cm³/mol. The highest BCUT2D eigenvalue weighted by Crippen LogP contribution is 2.41. The van der Waals surface area contributed by atoms with E-state index in [1.54, 1.807) is 0 Å². The van der Waals surface area contributed by atoms with E-state index >= 15 is 0 Å². The molecule has 4 heteroatoms. The highest BCUT2D eigenvalue weighted by molar-refractivity contribution is 9.10. The minimum atomic E-state index is -0.165. The summed E-state index contributed by atoms with van der Waals surface area (Å²) in [5.74, 6) is 0.932. The summed E-state index contributed by atoms with van der Waals surface area (Å²) < 4.78 is 12.8. The largest absolute Gasteiger partial charge is 0.494 e.